The number of amides is 1. The van der Waals surface area contributed by atoms with Gasteiger partial charge in [0.25, 0.3) is 0 Å². The first-order valence-corrected chi connectivity index (χ1v) is 7.94. The van der Waals surface area contributed by atoms with E-state index in [4.69, 9.17) is 5.73 Å². The number of piperidine rings is 1. The lowest BCUT2D eigenvalue weighted by molar-refractivity contribution is -0.129. The van der Waals surface area contributed by atoms with Crippen LogP contribution in [-0.2, 0) is 4.79 Å². The molecule has 1 heterocycles. The minimum absolute atomic E-state index is 0.264. The van der Waals surface area contributed by atoms with Crippen LogP contribution in [0.25, 0.3) is 0 Å². The van der Waals surface area contributed by atoms with Crippen molar-refractivity contribution in [2.24, 2.45) is 11.7 Å². The van der Waals surface area contributed by atoms with Gasteiger partial charge in [-0.3, -0.25) is 4.79 Å². The molecule has 0 atom stereocenters. The Morgan fingerprint density at radius 2 is 1.95 bits per heavy atom. The van der Waals surface area contributed by atoms with E-state index in [1.807, 2.05) is 35.2 Å². The van der Waals surface area contributed by atoms with Gasteiger partial charge >= 0.3 is 0 Å². The third-order valence-electron chi connectivity index (χ3n) is 3.65. The van der Waals surface area contributed by atoms with Crippen LogP contribution in [0.15, 0.2) is 35.2 Å². The van der Waals surface area contributed by atoms with Crippen LogP contribution in [0, 0.1) is 5.92 Å². The van der Waals surface area contributed by atoms with E-state index < -0.39 is 0 Å². The van der Waals surface area contributed by atoms with E-state index in [2.05, 4.69) is 0 Å². The number of likely N-dealkylation sites (tertiary alicyclic amines) is 1. The van der Waals surface area contributed by atoms with E-state index in [9.17, 15) is 4.79 Å². The fraction of sp³-hybridized carbons (Fsp3) is 0.533. The summed E-state index contributed by atoms with van der Waals surface area (Å²) >= 11 is 1.62. The van der Waals surface area contributed by atoms with Crippen molar-refractivity contribution in [1.29, 1.82) is 0 Å². The average Bonchev–Trinajstić information content (AvgIpc) is 2.47. The minimum Gasteiger partial charge on any atom is -0.342 e. The number of carbonyl (C=O) groups excluding carboxylic acids is 1. The molecule has 104 valence electrons. The summed E-state index contributed by atoms with van der Waals surface area (Å²) in [5.41, 5.74) is 5.58. The number of rotatable bonds is 5. The molecule has 0 aliphatic carbocycles. The zero-order valence-corrected chi connectivity index (χ0v) is 12.1. The van der Waals surface area contributed by atoms with Gasteiger partial charge in [0.2, 0.25) is 5.91 Å². The Bertz CT molecular complexity index is 388. The molecule has 0 spiro atoms. The quantitative estimate of drug-likeness (QED) is 0.841. The van der Waals surface area contributed by atoms with Crippen LogP contribution in [0.4, 0.5) is 0 Å². The molecule has 2 rings (SSSR count). The Balaban J connectivity index is 1.73. The molecule has 0 unspecified atom stereocenters. The first kappa shape index (κ1) is 14.4. The molecule has 1 aromatic rings. The number of thioether (sulfide) groups is 1. The van der Waals surface area contributed by atoms with Gasteiger partial charge in [-0.2, -0.15) is 0 Å². The Labute approximate surface area is 119 Å². The largest absolute Gasteiger partial charge is 0.342 e. The van der Waals surface area contributed by atoms with Gasteiger partial charge in [0.1, 0.15) is 0 Å². The minimum atomic E-state index is 0.264. The van der Waals surface area contributed by atoms with E-state index in [-0.39, 0.29) is 5.91 Å². The highest BCUT2D eigenvalue weighted by atomic mass is 32.2. The molecule has 1 aliphatic rings. The van der Waals surface area contributed by atoms with Crippen LogP contribution < -0.4 is 5.73 Å². The highest BCUT2D eigenvalue weighted by molar-refractivity contribution is 8.00. The topological polar surface area (TPSA) is 46.3 Å². The van der Waals surface area contributed by atoms with Gasteiger partial charge in [0, 0.05) is 18.0 Å². The van der Waals surface area contributed by atoms with Gasteiger partial charge in [-0.05, 0) is 43.9 Å². The molecular weight excluding hydrogens is 256 g/mol. The van der Waals surface area contributed by atoms with Crippen molar-refractivity contribution in [2.45, 2.75) is 24.2 Å². The van der Waals surface area contributed by atoms with Crippen LogP contribution in [0.2, 0.25) is 0 Å². The van der Waals surface area contributed by atoms with Gasteiger partial charge in [-0.15, -0.1) is 11.8 Å². The standard InChI is InChI=1S/C15H22N2OS/c16-9-6-13-7-10-17(11-8-13)15(18)12-19-14-4-2-1-3-5-14/h1-5,13H,6-12,16H2. The monoisotopic (exact) mass is 278 g/mol. The summed E-state index contributed by atoms with van der Waals surface area (Å²) in [5, 5.41) is 0. The second-order valence-electron chi connectivity index (χ2n) is 5.00. The van der Waals surface area contributed by atoms with E-state index in [1.165, 1.54) is 0 Å². The van der Waals surface area contributed by atoms with Crippen LogP contribution in [0.5, 0.6) is 0 Å². The molecule has 0 bridgehead atoms. The predicted molar refractivity (Wildman–Crippen MR) is 80.1 cm³/mol. The van der Waals surface area contributed by atoms with Crippen LogP contribution in [0.3, 0.4) is 0 Å². The first-order chi connectivity index (χ1) is 9.29. The molecule has 1 fully saturated rings. The normalized spacial score (nSPS) is 16.6. The molecule has 0 aromatic heterocycles. The van der Waals surface area contributed by atoms with Gasteiger partial charge in [-0.1, -0.05) is 18.2 Å². The Morgan fingerprint density at radius 1 is 1.26 bits per heavy atom. The Hall–Kier alpha value is -1.00. The molecule has 2 N–H and O–H groups in total. The van der Waals surface area contributed by atoms with E-state index in [0.29, 0.717) is 5.75 Å². The Morgan fingerprint density at radius 3 is 2.58 bits per heavy atom. The van der Waals surface area contributed by atoms with Crippen molar-refractivity contribution < 1.29 is 4.79 Å². The smallest absolute Gasteiger partial charge is 0.232 e. The maximum Gasteiger partial charge on any atom is 0.232 e. The number of nitrogens with zero attached hydrogens (tertiary/aromatic N) is 1. The van der Waals surface area contributed by atoms with Gasteiger partial charge in [0.15, 0.2) is 0 Å². The molecule has 1 saturated heterocycles. The molecule has 3 nitrogen and oxygen atoms in total. The maximum atomic E-state index is 12.1. The zero-order chi connectivity index (χ0) is 13.5. The molecular formula is C15H22N2OS. The molecule has 1 aliphatic heterocycles. The second kappa shape index (κ2) is 7.56. The van der Waals surface area contributed by atoms with E-state index in [0.717, 1.165) is 49.7 Å². The molecule has 0 radical (unpaired) electrons. The number of carbonyl (C=O) groups is 1. The van der Waals surface area contributed by atoms with Crippen molar-refractivity contribution in [1.82, 2.24) is 4.90 Å². The van der Waals surface area contributed by atoms with Crippen LogP contribution >= 0.6 is 11.8 Å². The molecule has 1 amide bonds. The summed E-state index contributed by atoms with van der Waals surface area (Å²) in [5.74, 6) is 1.53. The maximum absolute atomic E-state index is 12.1. The zero-order valence-electron chi connectivity index (χ0n) is 11.3. The molecule has 0 saturated carbocycles. The van der Waals surface area contributed by atoms with Crippen molar-refractivity contribution in [3.8, 4) is 0 Å². The first-order valence-electron chi connectivity index (χ1n) is 6.95. The summed E-state index contributed by atoms with van der Waals surface area (Å²) < 4.78 is 0. The van der Waals surface area contributed by atoms with E-state index in [1.54, 1.807) is 11.8 Å². The highest BCUT2D eigenvalue weighted by Gasteiger charge is 2.21. The Kier molecular flexibility index (Phi) is 5.73. The molecule has 1 aromatic carbocycles. The summed E-state index contributed by atoms with van der Waals surface area (Å²) in [6.07, 6.45) is 3.32. The fourth-order valence-electron chi connectivity index (χ4n) is 2.46. The fourth-order valence-corrected chi connectivity index (χ4v) is 3.28. The lowest BCUT2D eigenvalue weighted by Gasteiger charge is -2.31. The molecule has 19 heavy (non-hydrogen) atoms. The summed E-state index contributed by atoms with van der Waals surface area (Å²) in [6.45, 7) is 2.57. The number of nitrogens with two attached hydrogens (primary N) is 1. The van der Waals surface area contributed by atoms with Crippen LogP contribution in [-0.4, -0.2) is 36.2 Å². The van der Waals surface area contributed by atoms with Crippen molar-refractivity contribution in [3.63, 3.8) is 0 Å². The highest BCUT2D eigenvalue weighted by Crippen LogP contribution is 2.22. The van der Waals surface area contributed by atoms with E-state index >= 15 is 0 Å². The number of hydrogen-bond acceptors (Lipinski definition) is 3. The third-order valence-corrected chi connectivity index (χ3v) is 4.64. The van der Waals surface area contributed by atoms with Gasteiger partial charge < -0.3 is 10.6 Å². The lowest BCUT2D eigenvalue weighted by atomic mass is 9.94. The van der Waals surface area contributed by atoms with Crippen molar-refractivity contribution in [2.75, 3.05) is 25.4 Å². The van der Waals surface area contributed by atoms with Gasteiger partial charge in [-0.25, -0.2) is 0 Å². The second-order valence-corrected chi connectivity index (χ2v) is 6.05. The van der Waals surface area contributed by atoms with Gasteiger partial charge in [0.05, 0.1) is 5.75 Å². The number of benzene rings is 1. The molecule has 4 heteroatoms. The predicted octanol–water partition coefficient (Wildman–Crippen LogP) is 2.37. The number of hydrogen-bond donors (Lipinski definition) is 1. The van der Waals surface area contributed by atoms with Crippen molar-refractivity contribution in [3.05, 3.63) is 30.3 Å². The van der Waals surface area contributed by atoms with Crippen LogP contribution in [0.1, 0.15) is 19.3 Å². The summed E-state index contributed by atoms with van der Waals surface area (Å²) in [4.78, 5) is 15.3. The van der Waals surface area contributed by atoms with Crippen molar-refractivity contribution >= 4 is 17.7 Å². The summed E-state index contributed by atoms with van der Waals surface area (Å²) in [7, 11) is 0. The SMILES string of the molecule is NCCC1CCN(C(=O)CSc2ccccc2)CC1. The lowest BCUT2D eigenvalue weighted by Crippen LogP contribution is -2.39. The average molecular weight is 278 g/mol. The summed E-state index contributed by atoms with van der Waals surface area (Å²) in [6, 6.07) is 10.1. The third kappa shape index (κ3) is 4.55.